The van der Waals surface area contributed by atoms with Crippen LogP contribution >= 0.6 is 0 Å². The third-order valence-corrected chi connectivity index (χ3v) is 9.14. The molecule has 1 fully saturated rings. The molecule has 8 nitrogen and oxygen atoms in total. The Morgan fingerprint density at radius 3 is 1.77 bits per heavy atom. The number of piperazine rings is 1. The lowest BCUT2D eigenvalue weighted by Gasteiger charge is -2.33. The molecule has 0 aliphatic carbocycles. The summed E-state index contributed by atoms with van der Waals surface area (Å²) in [5.41, 5.74) is 1.92. The van der Waals surface area contributed by atoms with Crippen molar-refractivity contribution >= 4 is 20.0 Å². The fraction of sp³-hybridized carbons (Fsp3) is 0.429. The Hall–Kier alpha value is -1.98. The fourth-order valence-electron chi connectivity index (χ4n) is 3.27. The van der Waals surface area contributed by atoms with Crippen LogP contribution in [0.1, 0.15) is 11.1 Å². The molecule has 0 atom stereocenters. The third kappa shape index (κ3) is 5.27. The van der Waals surface area contributed by atoms with E-state index in [1.807, 2.05) is 13.8 Å². The molecule has 1 saturated heterocycles. The van der Waals surface area contributed by atoms with E-state index in [1.54, 1.807) is 37.4 Å². The lowest BCUT2D eigenvalue weighted by molar-refractivity contribution is 0.146. The van der Waals surface area contributed by atoms with Gasteiger partial charge >= 0.3 is 0 Å². The molecule has 0 bridgehead atoms. The molecule has 0 amide bonds. The maximum Gasteiger partial charge on any atom is 0.243 e. The molecule has 0 radical (unpaired) electrons. The van der Waals surface area contributed by atoms with E-state index in [4.69, 9.17) is 9.47 Å². The van der Waals surface area contributed by atoms with Gasteiger partial charge in [0.2, 0.25) is 20.0 Å². The number of benzene rings is 2. The summed E-state index contributed by atoms with van der Waals surface area (Å²) >= 11 is 0. The average molecular weight is 469 g/mol. The molecule has 170 valence electrons. The van der Waals surface area contributed by atoms with Gasteiger partial charge in [0, 0.05) is 33.3 Å². The van der Waals surface area contributed by atoms with Crippen molar-refractivity contribution in [2.24, 2.45) is 0 Å². The first-order chi connectivity index (χ1) is 14.7. The molecule has 1 aliphatic heterocycles. The zero-order valence-corrected chi connectivity index (χ0v) is 19.6. The minimum absolute atomic E-state index is 0.0957. The van der Waals surface area contributed by atoms with Crippen molar-refractivity contribution in [3.63, 3.8) is 0 Å². The molecule has 0 aromatic heterocycles. The van der Waals surface area contributed by atoms with Crippen molar-refractivity contribution in [3.05, 3.63) is 53.6 Å². The van der Waals surface area contributed by atoms with Crippen LogP contribution in [0.15, 0.2) is 52.3 Å². The van der Waals surface area contributed by atoms with E-state index in [-0.39, 0.29) is 36.0 Å². The van der Waals surface area contributed by atoms with Crippen LogP contribution < -0.4 is 4.74 Å². The van der Waals surface area contributed by atoms with Gasteiger partial charge in [0.15, 0.2) is 0 Å². The zero-order valence-electron chi connectivity index (χ0n) is 17.9. The minimum Gasteiger partial charge on any atom is -0.491 e. The topological polar surface area (TPSA) is 93.2 Å². The number of sulfonamides is 2. The molecule has 10 heteroatoms. The third-order valence-electron chi connectivity index (χ3n) is 5.33. The molecule has 2 aromatic carbocycles. The Balaban J connectivity index is 1.67. The number of aryl methyl sites for hydroxylation is 2. The maximum atomic E-state index is 13.0. The molecular weight excluding hydrogens is 440 g/mol. The summed E-state index contributed by atoms with van der Waals surface area (Å²) in [6.45, 7) is 5.01. The van der Waals surface area contributed by atoms with Crippen molar-refractivity contribution in [3.8, 4) is 5.75 Å². The zero-order chi connectivity index (χ0) is 22.6. The highest BCUT2D eigenvalue weighted by atomic mass is 32.2. The van der Waals surface area contributed by atoms with Crippen LogP contribution in [-0.4, -0.2) is 71.9 Å². The van der Waals surface area contributed by atoms with Crippen LogP contribution in [0.25, 0.3) is 0 Å². The average Bonchev–Trinajstić information content (AvgIpc) is 2.76. The molecular formula is C21H28N2O6S2. The summed E-state index contributed by atoms with van der Waals surface area (Å²) in [5.74, 6) is 0.556. The Kier molecular flexibility index (Phi) is 7.38. The second-order valence-corrected chi connectivity index (χ2v) is 11.2. The van der Waals surface area contributed by atoms with Gasteiger partial charge in [-0.15, -0.1) is 0 Å². The molecule has 0 N–H and O–H groups in total. The standard InChI is InChI=1S/C21H28N2O6S2/c1-17-4-7-21(16-18(17)2)31(26,27)23-12-10-22(11-13-23)30(24,25)20-8-5-19(6-9-20)29-15-14-28-3/h4-9,16H,10-15H2,1-3H3. The van der Waals surface area contributed by atoms with Crippen LogP contribution in [0.5, 0.6) is 5.75 Å². The smallest absolute Gasteiger partial charge is 0.243 e. The van der Waals surface area contributed by atoms with Crippen LogP contribution in [0, 0.1) is 13.8 Å². The number of ether oxygens (including phenoxy) is 2. The first-order valence-electron chi connectivity index (χ1n) is 9.95. The number of hydrogen-bond donors (Lipinski definition) is 0. The molecule has 0 unspecified atom stereocenters. The van der Waals surface area contributed by atoms with Crippen LogP contribution in [0.3, 0.4) is 0 Å². The predicted octanol–water partition coefficient (Wildman–Crippen LogP) is 2.02. The van der Waals surface area contributed by atoms with Crippen LogP contribution in [0.2, 0.25) is 0 Å². The highest BCUT2D eigenvalue weighted by Gasteiger charge is 2.33. The lowest BCUT2D eigenvalue weighted by Crippen LogP contribution is -2.50. The quantitative estimate of drug-likeness (QED) is 0.551. The lowest BCUT2D eigenvalue weighted by atomic mass is 10.1. The van der Waals surface area contributed by atoms with Crippen molar-refractivity contribution in [2.75, 3.05) is 46.5 Å². The second kappa shape index (κ2) is 9.66. The van der Waals surface area contributed by atoms with Crippen LogP contribution in [-0.2, 0) is 24.8 Å². The predicted molar refractivity (Wildman–Crippen MR) is 117 cm³/mol. The van der Waals surface area contributed by atoms with Crippen molar-refractivity contribution < 1.29 is 26.3 Å². The highest BCUT2D eigenvalue weighted by molar-refractivity contribution is 7.89. The number of rotatable bonds is 8. The summed E-state index contributed by atoms with van der Waals surface area (Å²) in [6.07, 6.45) is 0. The van der Waals surface area contributed by atoms with Gasteiger partial charge in [-0.05, 0) is 61.4 Å². The Bertz CT molecular complexity index is 1110. The van der Waals surface area contributed by atoms with E-state index in [1.165, 1.54) is 20.7 Å². The van der Waals surface area contributed by atoms with Gasteiger partial charge in [-0.3, -0.25) is 0 Å². The number of nitrogens with zero attached hydrogens (tertiary/aromatic N) is 2. The number of hydrogen-bond acceptors (Lipinski definition) is 6. The highest BCUT2D eigenvalue weighted by Crippen LogP contribution is 2.24. The Labute approximate surface area is 184 Å². The van der Waals surface area contributed by atoms with Gasteiger partial charge in [0.05, 0.1) is 16.4 Å². The summed E-state index contributed by atoms with van der Waals surface area (Å²) in [7, 11) is -5.81. The van der Waals surface area contributed by atoms with E-state index in [9.17, 15) is 16.8 Å². The molecule has 3 rings (SSSR count). The van der Waals surface area contributed by atoms with Gasteiger partial charge in [0.1, 0.15) is 12.4 Å². The SMILES string of the molecule is COCCOc1ccc(S(=O)(=O)N2CCN(S(=O)(=O)c3ccc(C)c(C)c3)CC2)cc1. The van der Waals surface area contributed by atoms with Crippen molar-refractivity contribution in [2.45, 2.75) is 23.6 Å². The van der Waals surface area contributed by atoms with E-state index in [0.29, 0.717) is 19.0 Å². The number of methoxy groups -OCH3 is 1. The van der Waals surface area contributed by atoms with Crippen LogP contribution in [0.4, 0.5) is 0 Å². The molecule has 31 heavy (non-hydrogen) atoms. The molecule has 1 heterocycles. The van der Waals surface area contributed by atoms with E-state index >= 15 is 0 Å². The Morgan fingerprint density at radius 1 is 0.742 bits per heavy atom. The minimum atomic E-state index is -3.72. The van der Waals surface area contributed by atoms with E-state index in [0.717, 1.165) is 11.1 Å². The summed E-state index contributed by atoms with van der Waals surface area (Å²) < 4.78 is 64.9. The van der Waals surface area contributed by atoms with Gasteiger partial charge in [0.25, 0.3) is 0 Å². The van der Waals surface area contributed by atoms with E-state index in [2.05, 4.69) is 0 Å². The fourth-order valence-corrected chi connectivity index (χ4v) is 6.20. The summed E-state index contributed by atoms with van der Waals surface area (Å²) in [4.78, 5) is 0.382. The summed E-state index contributed by atoms with van der Waals surface area (Å²) in [5, 5.41) is 0. The van der Waals surface area contributed by atoms with Gasteiger partial charge in [-0.25, -0.2) is 16.8 Å². The monoisotopic (exact) mass is 468 g/mol. The van der Waals surface area contributed by atoms with Crippen molar-refractivity contribution in [1.82, 2.24) is 8.61 Å². The second-order valence-electron chi connectivity index (χ2n) is 7.37. The first kappa shape index (κ1) is 23.7. The summed E-state index contributed by atoms with van der Waals surface area (Å²) in [6, 6.07) is 11.2. The Morgan fingerprint density at radius 2 is 1.26 bits per heavy atom. The van der Waals surface area contributed by atoms with E-state index < -0.39 is 20.0 Å². The largest absolute Gasteiger partial charge is 0.491 e. The van der Waals surface area contributed by atoms with Gasteiger partial charge < -0.3 is 9.47 Å². The molecule has 0 spiro atoms. The maximum absolute atomic E-state index is 13.0. The van der Waals surface area contributed by atoms with Gasteiger partial charge in [-0.2, -0.15) is 8.61 Å². The normalized spacial score (nSPS) is 16.4. The first-order valence-corrected chi connectivity index (χ1v) is 12.8. The van der Waals surface area contributed by atoms with Gasteiger partial charge in [-0.1, -0.05) is 6.07 Å². The molecule has 1 aliphatic rings. The molecule has 0 saturated carbocycles. The van der Waals surface area contributed by atoms with Crippen molar-refractivity contribution in [1.29, 1.82) is 0 Å². The molecule has 2 aromatic rings.